The first-order chi connectivity index (χ1) is 7.26. The van der Waals surface area contributed by atoms with E-state index in [0.29, 0.717) is 5.41 Å². The average molecular weight is 264 g/mol. The summed E-state index contributed by atoms with van der Waals surface area (Å²) < 4.78 is 6.28. The number of ether oxygens (including phenoxy) is 1. The molecule has 2 aliphatic carbocycles. The van der Waals surface area contributed by atoms with Gasteiger partial charge in [0.15, 0.2) is 0 Å². The number of rotatable bonds is 1. The molecule has 1 aromatic carbocycles. The molecular weight excluding hydrogens is 247 g/mol. The Bertz CT molecular complexity index is 402. The third-order valence-electron chi connectivity index (χ3n) is 4.06. The maximum atomic E-state index is 5.34. The molecular formula is C13H17AsO. The minimum atomic E-state index is 0.558. The maximum absolute atomic E-state index is 5.34. The van der Waals surface area contributed by atoms with Crippen LogP contribution in [0.1, 0.15) is 30.4 Å². The second kappa shape index (κ2) is 3.28. The van der Waals surface area contributed by atoms with Gasteiger partial charge in [0, 0.05) is 0 Å². The summed E-state index contributed by atoms with van der Waals surface area (Å²) in [5.41, 5.74) is 3.73. The number of benzene rings is 1. The van der Waals surface area contributed by atoms with Crippen molar-refractivity contribution in [1.82, 2.24) is 0 Å². The van der Waals surface area contributed by atoms with Crippen molar-refractivity contribution >= 4 is 16.9 Å². The summed E-state index contributed by atoms with van der Waals surface area (Å²) in [6.07, 6.45) is 5.45. The monoisotopic (exact) mass is 264 g/mol. The van der Waals surface area contributed by atoms with Gasteiger partial charge in [-0.15, -0.1) is 0 Å². The molecule has 2 aliphatic rings. The Labute approximate surface area is 99.7 Å². The second-order valence-corrected chi connectivity index (χ2v) is 6.53. The molecule has 0 N–H and O–H groups in total. The Morgan fingerprint density at radius 3 is 2.93 bits per heavy atom. The Kier molecular flexibility index (Phi) is 2.14. The van der Waals surface area contributed by atoms with E-state index < -0.39 is 0 Å². The van der Waals surface area contributed by atoms with Crippen LogP contribution in [0, 0.1) is 0 Å². The summed E-state index contributed by atoms with van der Waals surface area (Å²) in [7, 11) is 1.76. The van der Waals surface area contributed by atoms with E-state index in [2.05, 4.69) is 18.2 Å². The molecule has 0 amide bonds. The number of hydrogen-bond acceptors (Lipinski definition) is 1. The van der Waals surface area contributed by atoms with E-state index in [1.54, 1.807) is 18.2 Å². The number of hydrogen-bond donors (Lipinski definition) is 0. The summed E-state index contributed by atoms with van der Waals surface area (Å²) >= 11 is 1.92. The summed E-state index contributed by atoms with van der Waals surface area (Å²) in [5.74, 6) is 1.03. The number of methoxy groups -OCH3 is 1. The fourth-order valence-corrected chi connectivity index (χ4v) is 4.63. The third kappa shape index (κ3) is 1.36. The van der Waals surface area contributed by atoms with Crippen molar-refractivity contribution in [2.24, 2.45) is 0 Å². The van der Waals surface area contributed by atoms with Crippen LogP contribution in [0.5, 0.6) is 5.75 Å². The topological polar surface area (TPSA) is 9.23 Å². The molecule has 1 nitrogen and oxygen atoms in total. The molecule has 0 aromatic heterocycles. The Balaban J connectivity index is 2.09. The molecule has 1 saturated carbocycles. The first-order valence-electron chi connectivity index (χ1n) is 5.69. The predicted molar refractivity (Wildman–Crippen MR) is 64.5 cm³/mol. The average Bonchev–Trinajstić information content (AvgIpc) is 2.90. The molecule has 2 heteroatoms. The van der Waals surface area contributed by atoms with Crippen LogP contribution in [0.15, 0.2) is 18.2 Å². The van der Waals surface area contributed by atoms with E-state index >= 15 is 0 Å². The van der Waals surface area contributed by atoms with Gasteiger partial charge in [-0.1, -0.05) is 0 Å². The van der Waals surface area contributed by atoms with Crippen molar-refractivity contribution in [1.29, 1.82) is 0 Å². The van der Waals surface area contributed by atoms with E-state index in [1.807, 2.05) is 16.9 Å². The van der Waals surface area contributed by atoms with Gasteiger partial charge in [0.1, 0.15) is 0 Å². The molecule has 3 atom stereocenters. The van der Waals surface area contributed by atoms with Crippen molar-refractivity contribution < 1.29 is 4.74 Å². The molecule has 0 bridgehead atoms. The SMILES string of the molecule is COc1ccc2c(c1)C1(CCC2)CC1[AsH2]. The quantitative estimate of drug-likeness (QED) is 0.706. The van der Waals surface area contributed by atoms with Gasteiger partial charge in [0.2, 0.25) is 0 Å². The van der Waals surface area contributed by atoms with Crippen molar-refractivity contribution in [3.8, 4) is 5.75 Å². The van der Waals surface area contributed by atoms with Crippen LogP contribution in [-0.2, 0) is 11.8 Å². The van der Waals surface area contributed by atoms with E-state index in [-0.39, 0.29) is 0 Å². The van der Waals surface area contributed by atoms with Gasteiger partial charge in [-0.25, -0.2) is 0 Å². The normalized spacial score (nSPS) is 32.5. The Morgan fingerprint density at radius 1 is 1.47 bits per heavy atom. The molecule has 80 valence electrons. The fourth-order valence-electron chi connectivity index (χ4n) is 3.02. The van der Waals surface area contributed by atoms with Gasteiger partial charge in [-0.2, -0.15) is 0 Å². The van der Waals surface area contributed by atoms with Crippen LogP contribution in [0.4, 0.5) is 0 Å². The van der Waals surface area contributed by atoms with E-state index in [4.69, 9.17) is 4.74 Å². The summed E-state index contributed by atoms with van der Waals surface area (Å²) in [4.78, 5) is 0. The van der Waals surface area contributed by atoms with Crippen LogP contribution in [0.3, 0.4) is 0 Å². The standard InChI is InChI=1S/C13H17AsO/c1-15-10-5-4-9-3-2-6-13(8-12(13)14)11(9)7-10/h4-5,7,12H,2-3,6,8,14H2,1H3. The molecule has 1 aromatic rings. The van der Waals surface area contributed by atoms with Crippen molar-refractivity contribution in [2.45, 2.75) is 35.8 Å². The molecule has 15 heavy (non-hydrogen) atoms. The molecule has 3 unspecified atom stereocenters. The van der Waals surface area contributed by atoms with Gasteiger partial charge in [-0.3, -0.25) is 0 Å². The molecule has 0 saturated heterocycles. The Morgan fingerprint density at radius 2 is 2.27 bits per heavy atom. The second-order valence-electron chi connectivity index (χ2n) is 4.84. The summed E-state index contributed by atoms with van der Waals surface area (Å²) in [6.45, 7) is 0. The summed E-state index contributed by atoms with van der Waals surface area (Å²) in [5, 5.41) is 0. The Hall–Kier alpha value is -0.422. The first-order valence-corrected chi connectivity index (χ1v) is 7.09. The molecule has 1 spiro atoms. The molecule has 0 radical (unpaired) electrons. The van der Waals surface area contributed by atoms with Crippen LogP contribution in [0.2, 0.25) is 4.71 Å². The van der Waals surface area contributed by atoms with Crippen LogP contribution in [0.25, 0.3) is 0 Å². The van der Waals surface area contributed by atoms with Gasteiger partial charge in [-0.05, 0) is 0 Å². The van der Waals surface area contributed by atoms with Gasteiger partial charge in [0.25, 0.3) is 0 Å². The third-order valence-corrected chi connectivity index (χ3v) is 5.89. The molecule has 0 heterocycles. The van der Waals surface area contributed by atoms with Crippen molar-refractivity contribution in [2.75, 3.05) is 7.11 Å². The zero-order valence-electron chi connectivity index (χ0n) is 9.12. The zero-order valence-corrected chi connectivity index (χ0v) is 11.5. The predicted octanol–water partition coefficient (Wildman–Crippen LogP) is 2.09. The van der Waals surface area contributed by atoms with Gasteiger partial charge < -0.3 is 0 Å². The van der Waals surface area contributed by atoms with E-state index in [9.17, 15) is 0 Å². The van der Waals surface area contributed by atoms with Crippen molar-refractivity contribution in [3.63, 3.8) is 0 Å². The van der Waals surface area contributed by atoms with Crippen LogP contribution >= 0.6 is 0 Å². The summed E-state index contributed by atoms with van der Waals surface area (Å²) in [6, 6.07) is 6.66. The molecule has 0 aliphatic heterocycles. The van der Waals surface area contributed by atoms with E-state index in [1.165, 1.54) is 25.7 Å². The molecule has 1 fully saturated rings. The van der Waals surface area contributed by atoms with Gasteiger partial charge in [0.05, 0.1) is 0 Å². The van der Waals surface area contributed by atoms with Gasteiger partial charge >= 0.3 is 99.6 Å². The fraction of sp³-hybridized carbons (Fsp3) is 0.538. The first kappa shape index (κ1) is 9.78. The van der Waals surface area contributed by atoms with E-state index in [0.717, 1.165) is 10.5 Å². The number of fused-ring (bicyclic) bond motifs is 2. The van der Waals surface area contributed by atoms with Crippen LogP contribution in [-0.4, -0.2) is 24.0 Å². The van der Waals surface area contributed by atoms with Crippen LogP contribution < -0.4 is 4.74 Å². The number of aryl methyl sites for hydroxylation is 1. The van der Waals surface area contributed by atoms with Crippen molar-refractivity contribution in [3.05, 3.63) is 29.3 Å². The minimum absolute atomic E-state index is 0.558. The zero-order chi connectivity index (χ0) is 10.5. The molecule has 3 rings (SSSR count).